The first kappa shape index (κ1) is 20.8. The van der Waals surface area contributed by atoms with Crippen LogP contribution in [0.3, 0.4) is 0 Å². The number of aryl methyl sites for hydroxylation is 2. The first-order chi connectivity index (χ1) is 13.2. The van der Waals surface area contributed by atoms with Gasteiger partial charge in [0.2, 0.25) is 0 Å². The Labute approximate surface area is 168 Å². The summed E-state index contributed by atoms with van der Waals surface area (Å²) in [5, 5.41) is 9.74. The van der Waals surface area contributed by atoms with Gasteiger partial charge in [-0.05, 0) is 49.2 Å². The third-order valence-electron chi connectivity index (χ3n) is 4.27. The van der Waals surface area contributed by atoms with E-state index in [0.717, 1.165) is 38.7 Å². The lowest BCUT2D eigenvalue weighted by Crippen LogP contribution is -2.07. The first-order valence-electron chi connectivity index (χ1n) is 8.35. The summed E-state index contributed by atoms with van der Waals surface area (Å²) in [6.45, 7) is 3.76. The highest BCUT2D eigenvalue weighted by molar-refractivity contribution is 7.98. The minimum atomic E-state index is -4.72. The molecule has 148 valence electrons. The van der Waals surface area contributed by atoms with E-state index in [1.807, 2.05) is 32.0 Å². The maximum absolute atomic E-state index is 13.8. The van der Waals surface area contributed by atoms with Gasteiger partial charge in [-0.3, -0.25) is 0 Å². The van der Waals surface area contributed by atoms with Crippen molar-refractivity contribution in [3.8, 4) is 10.6 Å². The fraction of sp³-hybridized carbons (Fsp3) is 0.250. The zero-order valence-corrected chi connectivity index (χ0v) is 16.7. The number of thiazole rings is 1. The lowest BCUT2D eigenvalue weighted by molar-refractivity contribution is -0.139. The number of aliphatic hydroxyl groups is 1. The Morgan fingerprint density at radius 3 is 2.46 bits per heavy atom. The predicted octanol–water partition coefficient (Wildman–Crippen LogP) is 6.37. The lowest BCUT2D eigenvalue weighted by atomic mass is 10.1. The Hall–Kier alpha value is -1.90. The van der Waals surface area contributed by atoms with Crippen LogP contribution in [0.4, 0.5) is 17.6 Å². The number of hydrogen-bond acceptors (Lipinski definition) is 4. The molecule has 0 unspecified atom stereocenters. The number of hydrogen-bond donors (Lipinski definition) is 1. The molecule has 8 heteroatoms. The Bertz CT molecular complexity index is 998. The summed E-state index contributed by atoms with van der Waals surface area (Å²) >= 11 is 2.95. The van der Waals surface area contributed by atoms with Crippen molar-refractivity contribution >= 4 is 23.1 Å². The number of thioether (sulfide) groups is 1. The topological polar surface area (TPSA) is 33.1 Å². The van der Waals surface area contributed by atoms with Gasteiger partial charge in [-0.2, -0.15) is 13.2 Å². The van der Waals surface area contributed by atoms with E-state index in [4.69, 9.17) is 0 Å². The van der Waals surface area contributed by atoms with Crippen molar-refractivity contribution in [1.29, 1.82) is 0 Å². The third kappa shape index (κ3) is 4.56. The van der Waals surface area contributed by atoms with Gasteiger partial charge in [0.15, 0.2) is 0 Å². The Morgan fingerprint density at radius 2 is 1.86 bits per heavy atom. The Morgan fingerprint density at radius 1 is 1.11 bits per heavy atom. The number of aromatic nitrogens is 1. The van der Waals surface area contributed by atoms with Crippen LogP contribution in [0.2, 0.25) is 0 Å². The minimum Gasteiger partial charge on any atom is -0.392 e. The Kier molecular flexibility index (Phi) is 6.12. The van der Waals surface area contributed by atoms with Crippen LogP contribution in [0.5, 0.6) is 0 Å². The first-order valence-corrected chi connectivity index (χ1v) is 10.2. The van der Waals surface area contributed by atoms with Crippen LogP contribution in [0, 0.1) is 19.7 Å². The van der Waals surface area contributed by atoms with Gasteiger partial charge in [0, 0.05) is 21.1 Å². The van der Waals surface area contributed by atoms with Crippen LogP contribution in [0.15, 0.2) is 41.3 Å². The zero-order chi connectivity index (χ0) is 20.5. The van der Waals surface area contributed by atoms with Crippen molar-refractivity contribution < 1.29 is 22.7 Å². The molecule has 1 aromatic heterocycles. The van der Waals surface area contributed by atoms with Crippen molar-refractivity contribution in [2.24, 2.45) is 0 Å². The SMILES string of the molecule is Cc1cc(SCc2sc(-c3ccc(C(F)(F)F)c(F)c3)nc2C)ccc1CO. The number of benzene rings is 2. The molecule has 0 aliphatic rings. The standard InChI is InChI=1S/C20H17F4NOS2/c1-11-7-15(5-3-14(11)9-26)27-10-18-12(2)25-19(28-18)13-4-6-16(17(21)8-13)20(22,23)24/h3-8,26H,9-10H2,1-2H3. The number of alkyl halides is 3. The van der Waals surface area contributed by atoms with Crippen molar-refractivity contribution in [2.75, 3.05) is 0 Å². The van der Waals surface area contributed by atoms with Crippen LogP contribution in [0.25, 0.3) is 10.6 Å². The summed E-state index contributed by atoms with van der Waals surface area (Å²) in [4.78, 5) is 6.42. The van der Waals surface area contributed by atoms with Crippen LogP contribution < -0.4 is 0 Å². The molecule has 3 rings (SSSR count). The van der Waals surface area contributed by atoms with Crippen molar-refractivity contribution in [2.45, 2.75) is 37.3 Å². The molecule has 0 spiro atoms. The Balaban J connectivity index is 1.78. The smallest absolute Gasteiger partial charge is 0.392 e. The highest BCUT2D eigenvalue weighted by atomic mass is 32.2. The molecule has 0 saturated heterocycles. The molecule has 1 N–H and O–H groups in total. The number of nitrogens with zero attached hydrogens (tertiary/aromatic N) is 1. The minimum absolute atomic E-state index is 0.00220. The summed E-state index contributed by atoms with van der Waals surface area (Å²) in [6.07, 6.45) is -4.72. The van der Waals surface area contributed by atoms with Gasteiger partial charge in [0.25, 0.3) is 0 Å². The molecular formula is C20H17F4NOS2. The van der Waals surface area contributed by atoms with Gasteiger partial charge in [-0.15, -0.1) is 23.1 Å². The van der Waals surface area contributed by atoms with E-state index < -0.39 is 17.6 Å². The van der Waals surface area contributed by atoms with E-state index in [9.17, 15) is 22.7 Å². The second kappa shape index (κ2) is 8.23. The molecule has 1 heterocycles. The van der Waals surface area contributed by atoms with Crippen LogP contribution >= 0.6 is 23.1 Å². The van der Waals surface area contributed by atoms with Crippen LogP contribution in [0.1, 0.15) is 27.3 Å². The normalized spacial score (nSPS) is 11.8. The summed E-state index contributed by atoms with van der Waals surface area (Å²) in [5.41, 5.74) is 1.72. The van der Waals surface area contributed by atoms with Gasteiger partial charge >= 0.3 is 6.18 Å². The largest absolute Gasteiger partial charge is 0.419 e. The summed E-state index contributed by atoms with van der Waals surface area (Å²) in [7, 11) is 0. The third-order valence-corrected chi connectivity index (χ3v) is 6.68. The number of aliphatic hydroxyl groups excluding tert-OH is 1. The molecular weight excluding hydrogens is 410 g/mol. The van der Waals surface area contributed by atoms with Gasteiger partial charge in [-0.1, -0.05) is 12.1 Å². The fourth-order valence-electron chi connectivity index (χ4n) is 2.65. The van der Waals surface area contributed by atoms with E-state index in [1.54, 1.807) is 11.8 Å². The van der Waals surface area contributed by atoms with Gasteiger partial charge in [0.1, 0.15) is 10.8 Å². The van der Waals surface area contributed by atoms with E-state index in [0.29, 0.717) is 16.3 Å². The molecule has 28 heavy (non-hydrogen) atoms. The molecule has 0 atom stereocenters. The summed E-state index contributed by atoms with van der Waals surface area (Å²) < 4.78 is 52.0. The highest BCUT2D eigenvalue weighted by Gasteiger charge is 2.34. The fourth-order valence-corrected chi connectivity index (χ4v) is 4.85. The van der Waals surface area contributed by atoms with Crippen molar-refractivity contribution in [1.82, 2.24) is 4.98 Å². The molecule has 0 amide bonds. The molecule has 0 radical (unpaired) electrons. The number of halogens is 4. The summed E-state index contributed by atoms with van der Waals surface area (Å²) in [6, 6.07) is 8.70. The average Bonchev–Trinajstić information content (AvgIpc) is 2.99. The average molecular weight is 427 g/mol. The summed E-state index contributed by atoms with van der Waals surface area (Å²) in [5.74, 6) is -0.655. The molecule has 2 aromatic carbocycles. The quantitative estimate of drug-likeness (QED) is 0.379. The second-order valence-corrected chi connectivity index (χ2v) is 8.39. The molecule has 0 aliphatic heterocycles. The van der Waals surface area contributed by atoms with E-state index in [2.05, 4.69) is 4.98 Å². The van der Waals surface area contributed by atoms with E-state index >= 15 is 0 Å². The molecule has 0 aliphatic carbocycles. The number of rotatable bonds is 5. The monoisotopic (exact) mass is 427 g/mol. The molecule has 3 aromatic rings. The second-order valence-electron chi connectivity index (χ2n) is 6.26. The zero-order valence-electron chi connectivity index (χ0n) is 15.1. The van der Waals surface area contributed by atoms with Gasteiger partial charge in [-0.25, -0.2) is 9.37 Å². The molecule has 2 nitrogen and oxygen atoms in total. The van der Waals surface area contributed by atoms with Crippen molar-refractivity contribution in [3.05, 3.63) is 69.5 Å². The van der Waals surface area contributed by atoms with Crippen LogP contribution in [-0.4, -0.2) is 10.1 Å². The lowest BCUT2D eigenvalue weighted by Gasteiger charge is -2.08. The van der Waals surface area contributed by atoms with Gasteiger partial charge < -0.3 is 5.11 Å². The molecule has 0 fully saturated rings. The maximum atomic E-state index is 13.8. The van der Waals surface area contributed by atoms with Gasteiger partial charge in [0.05, 0.1) is 17.9 Å². The molecule has 0 bridgehead atoms. The van der Waals surface area contributed by atoms with Crippen molar-refractivity contribution in [3.63, 3.8) is 0 Å². The predicted molar refractivity (Wildman–Crippen MR) is 104 cm³/mol. The highest BCUT2D eigenvalue weighted by Crippen LogP contribution is 2.36. The van der Waals surface area contributed by atoms with E-state index in [-0.39, 0.29) is 6.61 Å². The molecule has 0 saturated carbocycles. The maximum Gasteiger partial charge on any atom is 0.419 e. The van der Waals surface area contributed by atoms with Crippen LogP contribution in [-0.2, 0) is 18.5 Å². The van der Waals surface area contributed by atoms with E-state index in [1.165, 1.54) is 17.4 Å².